The van der Waals surface area contributed by atoms with Crippen molar-refractivity contribution in [3.8, 4) is 0 Å². The molecule has 3 heteroatoms. The fourth-order valence-corrected chi connectivity index (χ4v) is 3.31. The van der Waals surface area contributed by atoms with Crippen LogP contribution in [-0.4, -0.2) is 43.8 Å². The number of nitrogens with one attached hydrogen (secondary N) is 1. The van der Waals surface area contributed by atoms with E-state index in [4.69, 9.17) is 4.74 Å². The Labute approximate surface area is 122 Å². The van der Waals surface area contributed by atoms with Crippen LogP contribution in [0.15, 0.2) is 30.3 Å². The highest BCUT2D eigenvalue weighted by atomic mass is 16.5. The van der Waals surface area contributed by atoms with Gasteiger partial charge in [0.1, 0.15) is 0 Å². The monoisotopic (exact) mass is 274 g/mol. The molecule has 3 nitrogen and oxygen atoms in total. The van der Waals surface area contributed by atoms with Gasteiger partial charge in [-0.2, -0.15) is 0 Å². The second-order valence-electron chi connectivity index (χ2n) is 6.02. The maximum atomic E-state index is 5.90. The van der Waals surface area contributed by atoms with Crippen molar-refractivity contribution in [2.75, 3.05) is 32.8 Å². The summed E-state index contributed by atoms with van der Waals surface area (Å²) in [5.41, 5.74) is 1.41. The van der Waals surface area contributed by atoms with Crippen molar-refractivity contribution in [2.45, 2.75) is 37.8 Å². The molecule has 3 rings (SSSR count). The number of benzene rings is 1. The van der Waals surface area contributed by atoms with Gasteiger partial charge in [-0.05, 0) is 44.3 Å². The first-order chi connectivity index (χ1) is 9.92. The molecule has 0 saturated carbocycles. The number of hydrogen-bond acceptors (Lipinski definition) is 3. The van der Waals surface area contributed by atoms with E-state index in [2.05, 4.69) is 40.5 Å². The summed E-state index contributed by atoms with van der Waals surface area (Å²) < 4.78 is 5.90. The summed E-state index contributed by atoms with van der Waals surface area (Å²) in [6, 6.07) is 11.3. The fourth-order valence-electron chi connectivity index (χ4n) is 3.31. The van der Waals surface area contributed by atoms with E-state index in [0.717, 1.165) is 26.2 Å². The standard InChI is InChI=1S/C17H26N2O/c1-2-7-15(8-3-1)17-14-19(11-6-10-18-17)13-16-9-4-5-12-20-16/h1-3,7-8,16-18H,4-6,9-14H2. The largest absolute Gasteiger partial charge is 0.377 e. The Balaban J connectivity index is 1.60. The lowest BCUT2D eigenvalue weighted by Gasteiger charge is -2.30. The van der Waals surface area contributed by atoms with Gasteiger partial charge in [-0.3, -0.25) is 4.90 Å². The number of nitrogens with zero attached hydrogens (tertiary/aromatic N) is 1. The van der Waals surface area contributed by atoms with Crippen molar-refractivity contribution in [1.82, 2.24) is 10.2 Å². The van der Waals surface area contributed by atoms with Crippen molar-refractivity contribution < 1.29 is 4.74 Å². The van der Waals surface area contributed by atoms with Gasteiger partial charge in [-0.15, -0.1) is 0 Å². The quantitative estimate of drug-likeness (QED) is 0.917. The smallest absolute Gasteiger partial charge is 0.0702 e. The first-order valence-corrected chi connectivity index (χ1v) is 8.04. The van der Waals surface area contributed by atoms with Crippen LogP contribution in [0.5, 0.6) is 0 Å². The number of rotatable bonds is 3. The third kappa shape index (κ3) is 3.81. The molecule has 2 aliphatic rings. The first-order valence-electron chi connectivity index (χ1n) is 8.04. The molecule has 2 fully saturated rings. The van der Waals surface area contributed by atoms with E-state index in [1.165, 1.54) is 37.8 Å². The third-order valence-electron chi connectivity index (χ3n) is 4.42. The number of hydrogen-bond donors (Lipinski definition) is 1. The molecule has 0 amide bonds. The highest BCUT2D eigenvalue weighted by molar-refractivity contribution is 5.19. The fraction of sp³-hybridized carbons (Fsp3) is 0.647. The van der Waals surface area contributed by atoms with Crippen LogP contribution in [0.4, 0.5) is 0 Å². The zero-order valence-corrected chi connectivity index (χ0v) is 12.3. The van der Waals surface area contributed by atoms with Gasteiger partial charge in [-0.1, -0.05) is 30.3 Å². The minimum Gasteiger partial charge on any atom is -0.377 e. The first kappa shape index (κ1) is 14.1. The van der Waals surface area contributed by atoms with Crippen LogP contribution in [-0.2, 0) is 4.74 Å². The van der Waals surface area contributed by atoms with Crippen molar-refractivity contribution in [3.05, 3.63) is 35.9 Å². The molecule has 2 heterocycles. The molecule has 1 N–H and O–H groups in total. The Morgan fingerprint density at radius 1 is 1.15 bits per heavy atom. The lowest BCUT2D eigenvalue weighted by atomic mass is 10.1. The van der Waals surface area contributed by atoms with Gasteiger partial charge in [-0.25, -0.2) is 0 Å². The van der Waals surface area contributed by atoms with Crippen LogP contribution < -0.4 is 5.32 Å². The summed E-state index contributed by atoms with van der Waals surface area (Å²) in [4.78, 5) is 2.59. The van der Waals surface area contributed by atoms with E-state index in [0.29, 0.717) is 12.1 Å². The van der Waals surface area contributed by atoms with Gasteiger partial charge in [0.2, 0.25) is 0 Å². The summed E-state index contributed by atoms with van der Waals surface area (Å²) in [6.45, 7) is 5.46. The predicted octanol–water partition coefficient (Wildman–Crippen LogP) is 2.59. The van der Waals surface area contributed by atoms with Crippen molar-refractivity contribution >= 4 is 0 Å². The lowest BCUT2D eigenvalue weighted by molar-refractivity contribution is -0.00587. The molecule has 2 aliphatic heterocycles. The molecule has 2 unspecified atom stereocenters. The maximum Gasteiger partial charge on any atom is 0.0702 e. The highest BCUT2D eigenvalue weighted by Crippen LogP contribution is 2.19. The predicted molar refractivity (Wildman–Crippen MR) is 81.8 cm³/mol. The summed E-state index contributed by atoms with van der Waals surface area (Å²) in [5, 5.41) is 3.68. The van der Waals surface area contributed by atoms with Crippen LogP contribution in [0.25, 0.3) is 0 Å². The van der Waals surface area contributed by atoms with E-state index >= 15 is 0 Å². The molecule has 0 aromatic heterocycles. The Kier molecular flexibility index (Phi) is 5.06. The van der Waals surface area contributed by atoms with Crippen LogP contribution in [0.2, 0.25) is 0 Å². The molecule has 0 bridgehead atoms. The molecule has 110 valence electrons. The van der Waals surface area contributed by atoms with E-state index in [-0.39, 0.29) is 0 Å². The Morgan fingerprint density at radius 2 is 2.05 bits per heavy atom. The molecular weight excluding hydrogens is 248 g/mol. The normalized spacial score (nSPS) is 29.0. The zero-order valence-electron chi connectivity index (χ0n) is 12.3. The molecule has 0 spiro atoms. The average Bonchev–Trinajstić information content (AvgIpc) is 2.75. The molecule has 2 atom stereocenters. The van der Waals surface area contributed by atoms with Gasteiger partial charge in [0.05, 0.1) is 6.10 Å². The SMILES string of the molecule is c1ccc(C2CN(CC3CCCCO3)CCCN2)cc1. The van der Waals surface area contributed by atoms with E-state index in [1.807, 2.05) is 0 Å². The minimum atomic E-state index is 0.457. The summed E-state index contributed by atoms with van der Waals surface area (Å²) in [6.07, 6.45) is 5.50. The van der Waals surface area contributed by atoms with Crippen molar-refractivity contribution in [1.29, 1.82) is 0 Å². The summed E-state index contributed by atoms with van der Waals surface area (Å²) in [5.74, 6) is 0. The third-order valence-corrected chi connectivity index (χ3v) is 4.42. The van der Waals surface area contributed by atoms with Crippen LogP contribution in [0, 0.1) is 0 Å². The van der Waals surface area contributed by atoms with Crippen molar-refractivity contribution in [3.63, 3.8) is 0 Å². The highest BCUT2D eigenvalue weighted by Gasteiger charge is 2.22. The van der Waals surface area contributed by atoms with Gasteiger partial charge >= 0.3 is 0 Å². The average molecular weight is 274 g/mol. The van der Waals surface area contributed by atoms with Gasteiger partial charge in [0, 0.05) is 25.7 Å². The molecule has 1 aromatic rings. The van der Waals surface area contributed by atoms with Crippen LogP contribution in [0.1, 0.15) is 37.3 Å². The Bertz CT molecular complexity index is 389. The van der Waals surface area contributed by atoms with E-state index in [9.17, 15) is 0 Å². The molecule has 1 aromatic carbocycles. The molecule has 20 heavy (non-hydrogen) atoms. The molecule has 0 radical (unpaired) electrons. The second-order valence-corrected chi connectivity index (χ2v) is 6.02. The summed E-state index contributed by atoms with van der Waals surface area (Å²) in [7, 11) is 0. The van der Waals surface area contributed by atoms with Crippen LogP contribution in [0.3, 0.4) is 0 Å². The number of ether oxygens (including phenoxy) is 1. The Morgan fingerprint density at radius 3 is 2.85 bits per heavy atom. The van der Waals surface area contributed by atoms with Gasteiger partial charge in [0.25, 0.3) is 0 Å². The van der Waals surface area contributed by atoms with E-state index in [1.54, 1.807) is 0 Å². The second kappa shape index (κ2) is 7.21. The maximum absolute atomic E-state index is 5.90. The topological polar surface area (TPSA) is 24.5 Å². The zero-order chi connectivity index (χ0) is 13.6. The summed E-state index contributed by atoms with van der Waals surface area (Å²) >= 11 is 0. The minimum absolute atomic E-state index is 0.457. The molecule has 2 saturated heterocycles. The Hall–Kier alpha value is -0.900. The van der Waals surface area contributed by atoms with Crippen molar-refractivity contribution in [2.24, 2.45) is 0 Å². The van der Waals surface area contributed by atoms with Gasteiger partial charge in [0.15, 0.2) is 0 Å². The van der Waals surface area contributed by atoms with Crippen LogP contribution >= 0.6 is 0 Å². The van der Waals surface area contributed by atoms with E-state index < -0.39 is 0 Å². The van der Waals surface area contributed by atoms with Gasteiger partial charge < -0.3 is 10.1 Å². The molecule has 0 aliphatic carbocycles. The molecular formula is C17H26N2O. The lowest BCUT2D eigenvalue weighted by Crippen LogP contribution is -2.38.